The van der Waals surface area contributed by atoms with Crippen LogP contribution >= 0.6 is 0 Å². The Balaban J connectivity index is 2.22. The molecule has 0 aliphatic rings. The summed E-state index contributed by atoms with van der Waals surface area (Å²) in [4.78, 5) is 25.3. The number of carbonyl (C=O) groups is 1. The summed E-state index contributed by atoms with van der Waals surface area (Å²) in [6.45, 7) is 4.97. The third kappa shape index (κ3) is 4.59. The SMILES string of the molecule is CC(C)(C)OC(=O)Nn1c(-c2ccccc2)cc2ccc(C(F)(F)F)cc2c1=O. The van der Waals surface area contributed by atoms with Crippen LogP contribution in [0.2, 0.25) is 0 Å². The van der Waals surface area contributed by atoms with Crippen molar-refractivity contribution < 1.29 is 22.7 Å². The molecule has 1 amide bonds. The van der Waals surface area contributed by atoms with E-state index in [1.54, 1.807) is 57.2 Å². The Kier molecular flexibility index (Phi) is 5.13. The van der Waals surface area contributed by atoms with Gasteiger partial charge in [0.05, 0.1) is 11.3 Å². The highest BCUT2D eigenvalue weighted by Gasteiger charge is 2.31. The zero-order valence-electron chi connectivity index (χ0n) is 16.0. The predicted octanol–water partition coefficient (Wildman–Crippen LogP) is 5.17. The zero-order chi connectivity index (χ0) is 21.4. The average molecular weight is 404 g/mol. The first-order valence-corrected chi connectivity index (χ1v) is 8.78. The molecule has 0 aliphatic heterocycles. The van der Waals surface area contributed by atoms with E-state index in [-0.39, 0.29) is 5.39 Å². The largest absolute Gasteiger partial charge is 0.443 e. The van der Waals surface area contributed by atoms with Crippen LogP contribution in [0.1, 0.15) is 26.3 Å². The zero-order valence-corrected chi connectivity index (χ0v) is 16.0. The van der Waals surface area contributed by atoms with Gasteiger partial charge in [-0.2, -0.15) is 13.2 Å². The summed E-state index contributed by atoms with van der Waals surface area (Å²) < 4.78 is 45.4. The number of halogens is 3. The molecule has 1 aromatic heterocycles. The Morgan fingerprint density at radius 2 is 1.66 bits per heavy atom. The molecule has 3 rings (SSSR count). The van der Waals surface area contributed by atoms with Gasteiger partial charge in [-0.05, 0) is 44.4 Å². The molecule has 2 aromatic carbocycles. The van der Waals surface area contributed by atoms with Crippen LogP contribution in [-0.2, 0) is 10.9 Å². The number of aromatic nitrogens is 1. The molecule has 0 spiro atoms. The Hall–Kier alpha value is -3.29. The van der Waals surface area contributed by atoms with Crippen LogP contribution in [0.4, 0.5) is 18.0 Å². The normalized spacial score (nSPS) is 12.1. The fraction of sp³-hybridized carbons (Fsp3) is 0.238. The molecule has 3 aromatic rings. The summed E-state index contributed by atoms with van der Waals surface area (Å²) in [5.41, 5.74) is 0.701. The highest BCUT2D eigenvalue weighted by molar-refractivity contribution is 5.87. The topological polar surface area (TPSA) is 60.3 Å². The summed E-state index contributed by atoms with van der Waals surface area (Å²) in [5, 5.41) is 0.152. The number of ether oxygens (including phenoxy) is 1. The second kappa shape index (κ2) is 7.27. The smallest absolute Gasteiger partial charge is 0.427 e. The highest BCUT2D eigenvalue weighted by atomic mass is 19.4. The Bertz CT molecular complexity index is 1110. The van der Waals surface area contributed by atoms with Crippen LogP contribution in [0, 0.1) is 0 Å². The molecule has 0 unspecified atom stereocenters. The van der Waals surface area contributed by atoms with E-state index in [1.165, 1.54) is 6.07 Å². The van der Waals surface area contributed by atoms with Crippen molar-refractivity contribution in [3.63, 3.8) is 0 Å². The number of alkyl halides is 3. The first-order valence-electron chi connectivity index (χ1n) is 8.78. The van der Waals surface area contributed by atoms with E-state index in [0.717, 1.165) is 16.8 Å². The minimum atomic E-state index is -4.60. The van der Waals surface area contributed by atoms with E-state index in [2.05, 4.69) is 5.43 Å². The number of benzene rings is 2. The molecule has 0 atom stereocenters. The van der Waals surface area contributed by atoms with E-state index in [1.807, 2.05) is 0 Å². The van der Waals surface area contributed by atoms with Gasteiger partial charge in [-0.25, -0.2) is 14.9 Å². The molecule has 29 heavy (non-hydrogen) atoms. The number of hydrogen-bond donors (Lipinski definition) is 1. The first-order chi connectivity index (χ1) is 13.5. The van der Waals surface area contributed by atoms with Gasteiger partial charge in [0.2, 0.25) is 0 Å². The van der Waals surface area contributed by atoms with Crippen LogP contribution in [0.15, 0.2) is 59.4 Å². The van der Waals surface area contributed by atoms with E-state index in [4.69, 9.17) is 4.74 Å². The number of pyridine rings is 1. The standard InChI is InChI=1S/C21H19F3N2O3/c1-20(2,3)29-19(28)25-26-17(13-7-5-4-6-8-13)11-14-9-10-15(21(22,23)24)12-16(14)18(26)27/h4-12H,1-3H3,(H,25,28). The number of fused-ring (bicyclic) bond motifs is 1. The first kappa shape index (κ1) is 20.4. The monoisotopic (exact) mass is 404 g/mol. The fourth-order valence-corrected chi connectivity index (χ4v) is 2.81. The molecular formula is C21H19F3N2O3. The molecule has 5 nitrogen and oxygen atoms in total. The molecular weight excluding hydrogens is 385 g/mol. The van der Waals surface area contributed by atoms with Crippen LogP contribution in [0.5, 0.6) is 0 Å². The molecule has 1 heterocycles. The molecule has 0 fully saturated rings. The van der Waals surface area contributed by atoms with Gasteiger partial charge in [-0.3, -0.25) is 4.79 Å². The highest BCUT2D eigenvalue weighted by Crippen LogP contribution is 2.31. The van der Waals surface area contributed by atoms with E-state index in [0.29, 0.717) is 16.6 Å². The molecule has 0 saturated carbocycles. The minimum absolute atomic E-state index is 0.171. The number of nitrogens with zero attached hydrogens (tertiary/aromatic N) is 1. The maximum absolute atomic E-state index is 13.1. The van der Waals surface area contributed by atoms with E-state index < -0.39 is 29.0 Å². The van der Waals surface area contributed by atoms with Crippen LogP contribution in [0.3, 0.4) is 0 Å². The Morgan fingerprint density at radius 1 is 1.00 bits per heavy atom. The summed E-state index contributed by atoms with van der Waals surface area (Å²) in [6, 6.07) is 13.2. The Morgan fingerprint density at radius 3 is 2.24 bits per heavy atom. The number of hydrogen-bond acceptors (Lipinski definition) is 3. The number of rotatable bonds is 2. The molecule has 8 heteroatoms. The summed E-state index contributed by atoms with van der Waals surface area (Å²) in [5.74, 6) is 0. The van der Waals surface area contributed by atoms with Gasteiger partial charge >= 0.3 is 12.3 Å². The molecule has 0 aliphatic carbocycles. The maximum Gasteiger partial charge on any atom is 0.427 e. The van der Waals surface area contributed by atoms with Gasteiger partial charge in [-0.15, -0.1) is 0 Å². The summed E-state index contributed by atoms with van der Waals surface area (Å²) in [7, 11) is 0. The Labute approximate surface area is 164 Å². The predicted molar refractivity (Wildman–Crippen MR) is 104 cm³/mol. The van der Waals surface area contributed by atoms with Gasteiger partial charge in [0, 0.05) is 10.9 Å². The van der Waals surface area contributed by atoms with Crippen LogP contribution < -0.4 is 11.0 Å². The van der Waals surface area contributed by atoms with Gasteiger partial charge in [0.15, 0.2) is 0 Å². The second-order valence-corrected chi connectivity index (χ2v) is 7.45. The van der Waals surface area contributed by atoms with Crippen molar-refractivity contribution in [3.05, 3.63) is 70.5 Å². The van der Waals surface area contributed by atoms with Gasteiger partial charge in [0.1, 0.15) is 5.60 Å². The maximum atomic E-state index is 13.1. The van der Waals surface area contributed by atoms with Crippen LogP contribution in [0.25, 0.3) is 22.0 Å². The van der Waals surface area contributed by atoms with E-state index >= 15 is 0 Å². The lowest BCUT2D eigenvalue weighted by Crippen LogP contribution is -2.37. The van der Waals surface area contributed by atoms with Crippen LogP contribution in [-0.4, -0.2) is 16.4 Å². The van der Waals surface area contributed by atoms with Crippen molar-refractivity contribution in [3.8, 4) is 11.3 Å². The van der Waals surface area contributed by atoms with Crippen molar-refractivity contribution >= 4 is 16.9 Å². The molecule has 0 bridgehead atoms. The molecule has 1 N–H and O–H groups in total. The van der Waals surface area contributed by atoms with Crippen molar-refractivity contribution in [1.29, 1.82) is 0 Å². The van der Waals surface area contributed by atoms with Gasteiger partial charge in [0.25, 0.3) is 5.56 Å². The number of carbonyl (C=O) groups excluding carboxylic acids is 1. The second-order valence-electron chi connectivity index (χ2n) is 7.45. The lowest BCUT2D eigenvalue weighted by atomic mass is 10.0. The average Bonchev–Trinajstić information content (AvgIpc) is 2.62. The number of amides is 1. The number of nitrogens with one attached hydrogen (secondary N) is 1. The quantitative estimate of drug-likeness (QED) is 0.641. The molecule has 0 radical (unpaired) electrons. The van der Waals surface area contributed by atoms with Gasteiger partial charge in [-0.1, -0.05) is 36.4 Å². The third-order valence-electron chi connectivity index (χ3n) is 4.02. The lowest BCUT2D eigenvalue weighted by molar-refractivity contribution is -0.137. The summed E-state index contributed by atoms with van der Waals surface area (Å²) in [6.07, 6.45) is -5.49. The van der Waals surface area contributed by atoms with Crippen molar-refractivity contribution in [2.24, 2.45) is 0 Å². The van der Waals surface area contributed by atoms with Crippen molar-refractivity contribution in [1.82, 2.24) is 4.68 Å². The van der Waals surface area contributed by atoms with E-state index in [9.17, 15) is 22.8 Å². The molecule has 0 saturated heterocycles. The lowest BCUT2D eigenvalue weighted by Gasteiger charge is -2.22. The minimum Gasteiger partial charge on any atom is -0.443 e. The van der Waals surface area contributed by atoms with Crippen molar-refractivity contribution in [2.45, 2.75) is 32.5 Å². The van der Waals surface area contributed by atoms with Crippen molar-refractivity contribution in [2.75, 3.05) is 5.43 Å². The summed E-state index contributed by atoms with van der Waals surface area (Å²) >= 11 is 0. The van der Waals surface area contributed by atoms with Gasteiger partial charge < -0.3 is 4.74 Å². The fourth-order valence-electron chi connectivity index (χ4n) is 2.81. The third-order valence-corrected chi connectivity index (χ3v) is 4.02. The molecule has 152 valence electrons.